The maximum Gasteiger partial charge on any atom is 0.214 e. The molecule has 0 aliphatic carbocycles. The van der Waals surface area contributed by atoms with Gasteiger partial charge in [0, 0.05) is 5.56 Å². The minimum absolute atomic E-state index is 0.164. The Balaban J connectivity index is 2.06. The molecule has 1 aliphatic rings. The second kappa shape index (κ2) is 6.42. The van der Waals surface area contributed by atoms with Gasteiger partial charge in [0.2, 0.25) is 10.0 Å². The number of hydrogen-bond donors (Lipinski definition) is 0. The van der Waals surface area contributed by atoms with Crippen LogP contribution in [0.25, 0.3) is 0 Å². The highest BCUT2D eigenvalue weighted by Crippen LogP contribution is 2.20. The molecule has 0 bridgehead atoms. The lowest BCUT2D eigenvalue weighted by Crippen LogP contribution is -2.59. The summed E-state index contributed by atoms with van der Waals surface area (Å²) in [6, 6.07) is 6.61. The van der Waals surface area contributed by atoms with E-state index >= 15 is 0 Å². The van der Waals surface area contributed by atoms with E-state index in [0.29, 0.717) is 13.1 Å². The molecule has 1 heterocycles. The van der Waals surface area contributed by atoms with Crippen molar-refractivity contribution in [1.82, 2.24) is 4.31 Å². The average molecular weight is 315 g/mol. The molecule has 0 unspecified atom stereocenters. The fourth-order valence-corrected chi connectivity index (χ4v) is 3.98. The molecular weight excluding hydrogens is 291 g/mol. The van der Waals surface area contributed by atoms with E-state index in [0.717, 1.165) is 36.2 Å². The van der Waals surface area contributed by atoms with Crippen molar-refractivity contribution in [3.63, 3.8) is 0 Å². The van der Waals surface area contributed by atoms with Crippen molar-refractivity contribution in [2.75, 3.05) is 38.5 Å². The van der Waals surface area contributed by atoms with E-state index in [1.165, 1.54) is 12.1 Å². The third-order valence-electron chi connectivity index (χ3n) is 4.51. The van der Waals surface area contributed by atoms with Gasteiger partial charge in [-0.05, 0) is 26.0 Å². The first-order chi connectivity index (χ1) is 9.91. The maximum atomic E-state index is 13.0. The number of hydrogen-bond acceptors (Lipinski definition) is 2. The molecule has 1 aliphatic heterocycles. The van der Waals surface area contributed by atoms with Crippen molar-refractivity contribution >= 4 is 10.0 Å². The Kier molecular flexibility index (Phi) is 5.01. The van der Waals surface area contributed by atoms with Crippen LogP contribution in [0.15, 0.2) is 24.3 Å². The lowest BCUT2D eigenvalue weighted by atomic mass is 10.1. The number of halogens is 1. The monoisotopic (exact) mass is 315 g/mol. The first-order valence-corrected chi connectivity index (χ1v) is 9.09. The molecule has 1 aromatic carbocycles. The first kappa shape index (κ1) is 16.4. The lowest BCUT2D eigenvalue weighted by Gasteiger charge is -2.44. The van der Waals surface area contributed by atoms with Crippen molar-refractivity contribution in [3.8, 4) is 0 Å². The summed E-state index contributed by atoms with van der Waals surface area (Å²) in [6.07, 6.45) is 0. The van der Waals surface area contributed by atoms with Gasteiger partial charge in [-0.1, -0.05) is 12.1 Å². The average Bonchev–Trinajstić information content (AvgIpc) is 2.50. The second-order valence-corrected chi connectivity index (χ2v) is 7.95. The molecular formula is C15H24FN2O2S+. The van der Waals surface area contributed by atoms with E-state index in [4.69, 9.17) is 0 Å². The molecule has 21 heavy (non-hydrogen) atoms. The summed E-state index contributed by atoms with van der Waals surface area (Å²) in [6.45, 7) is 8.38. The zero-order chi connectivity index (χ0) is 15.5. The summed E-state index contributed by atoms with van der Waals surface area (Å²) >= 11 is 0. The number of nitrogens with zero attached hydrogens (tertiary/aromatic N) is 2. The minimum atomic E-state index is -3.08. The Morgan fingerprint density at radius 3 is 2.19 bits per heavy atom. The number of piperazine rings is 1. The Bertz CT molecular complexity index is 564. The molecule has 1 aromatic rings. The Hall–Kier alpha value is -0.980. The van der Waals surface area contributed by atoms with Gasteiger partial charge in [-0.3, -0.25) is 0 Å². The predicted molar refractivity (Wildman–Crippen MR) is 81.7 cm³/mol. The summed E-state index contributed by atoms with van der Waals surface area (Å²) in [4.78, 5) is 0. The fraction of sp³-hybridized carbons (Fsp3) is 0.600. The van der Waals surface area contributed by atoms with Gasteiger partial charge in [0.1, 0.15) is 12.4 Å². The van der Waals surface area contributed by atoms with Gasteiger partial charge in [0.15, 0.2) is 0 Å². The van der Waals surface area contributed by atoms with Gasteiger partial charge in [-0.15, -0.1) is 0 Å². The Labute approximate surface area is 126 Å². The molecule has 0 saturated carbocycles. The maximum absolute atomic E-state index is 13.0. The molecule has 118 valence electrons. The highest BCUT2D eigenvalue weighted by Gasteiger charge is 2.35. The molecule has 4 nitrogen and oxygen atoms in total. The quantitative estimate of drug-likeness (QED) is 0.778. The summed E-state index contributed by atoms with van der Waals surface area (Å²) in [5, 5.41) is 0. The third-order valence-corrected chi connectivity index (χ3v) is 6.39. The number of sulfonamides is 1. The van der Waals surface area contributed by atoms with E-state index in [-0.39, 0.29) is 11.6 Å². The molecule has 2 rings (SSSR count). The van der Waals surface area contributed by atoms with Crippen LogP contribution in [-0.2, 0) is 16.6 Å². The van der Waals surface area contributed by atoms with Crippen LogP contribution in [0.5, 0.6) is 0 Å². The summed E-state index contributed by atoms with van der Waals surface area (Å²) in [5.41, 5.74) is 1.10. The van der Waals surface area contributed by atoms with E-state index in [1.807, 2.05) is 12.1 Å². The molecule has 0 spiro atoms. The number of likely N-dealkylation sites (N-methyl/N-ethyl adjacent to an activating group) is 1. The Morgan fingerprint density at radius 2 is 1.71 bits per heavy atom. The van der Waals surface area contributed by atoms with Crippen LogP contribution in [0.4, 0.5) is 4.39 Å². The van der Waals surface area contributed by atoms with Crippen molar-refractivity contribution in [1.29, 1.82) is 0 Å². The van der Waals surface area contributed by atoms with E-state index in [2.05, 4.69) is 6.92 Å². The first-order valence-electron chi connectivity index (χ1n) is 7.48. The van der Waals surface area contributed by atoms with Crippen LogP contribution in [0, 0.1) is 5.82 Å². The Morgan fingerprint density at radius 1 is 1.14 bits per heavy atom. The van der Waals surface area contributed by atoms with Gasteiger partial charge in [0.25, 0.3) is 0 Å². The van der Waals surface area contributed by atoms with E-state index in [1.54, 1.807) is 11.2 Å². The highest BCUT2D eigenvalue weighted by atomic mass is 32.2. The third kappa shape index (κ3) is 3.81. The van der Waals surface area contributed by atoms with Gasteiger partial charge in [-0.2, -0.15) is 4.31 Å². The topological polar surface area (TPSA) is 37.4 Å². The summed E-state index contributed by atoms with van der Waals surface area (Å²) < 4.78 is 39.3. The van der Waals surface area contributed by atoms with E-state index < -0.39 is 10.0 Å². The van der Waals surface area contributed by atoms with Gasteiger partial charge in [-0.25, -0.2) is 12.8 Å². The van der Waals surface area contributed by atoms with Crippen LogP contribution in [0.1, 0.15) is 19.4 Å². The van der Waals surface area contributed by atoms with E-state index in [9.17, 15) is 12.8 Å². The predicted octanol–water partition coefficient (Wildman–Crippen LogP) is 1.83. The SMILES string of the molecule is CC[N+]1(Cc2ccc(F)cc2)CCN(S(=O)(=O)CC)CC1. The van der Waals surface area contributed by atoms with Crippen LogP contribution in [0.2, 0.25) is 0 Å². The largest absolute Gasteiger partial charge is 0.318 e. The smallest absolute Gasteiger partial charge is 0.214 e. The fourth-order valence-electron chi connectivity index (χ4n) is 2.89. The van der Waals surface area contributed by atoms with Crippen LogP contribution in [0.3, 0.4) is 0 Å². The number of benzene rings is 1. The van der Waals surface area contributed by atoms with Gasteiger partial charge >= 0.3 is 0 Å². The minimum Gasteiger partial charge on any atom is -0.318 e. The van der Waals surface area contributed by atoms with Crippen molar-refractivity contribution < 1.29 is 17.3 Å². The lowest BCUT2D eigenvalue weighted by molar-refractivity contribution is -0.942. The summed E-state index contributed by atoms with van der Waals surface area (Å²) in [7, 11) is -3.08. The second-order valence-electron chi connectivity index (χ2n) is 5.69. The number of rotatable bonds is 5. The van der Waals surface area contributed by atoms with Gasteiger partial charge < -0.3 is 4.48 Å². The number of quaternary nitrogens is 1. The molecule has 0 N–H and O–H groups in total. The van der Waals surface area contributed by atoms with Crippen LogP contribution >= 0.6 is 0 Å². The van der Waals surface area contributed by atoms with Crippen LogP contribution in [-0.4, -0.2) is 55.7 Å². The zero-order valence-electron chi connectivity index (χ0n) is 12.8. The molecule has 0 atom stereocenters. The van der Waals surface area contributed by atoms with Crippen molar-refractivity contribution in [2.45, 2.75) is 20.4 Å². The zero-order valence-corrected chi connectivity index (χ0v) is 13.6. The van der Waals surface area contributed by atoms with Crippen LogP contribution < -0.4 is 0 Å². The standard InChI is InChI=1S/C15H24FN2O2S/c1-3-18(13-14-5-7-15(16)8-6-14)11-9-17(10-12-18)21(19,20)4-2/h5-8H,3-4,9-13H2,1-2H3/q+1. The normalized spacial score (nSPS) is 19.6. The van der Waals surface area contributed by atoms with Crippen molar-refractivity contribution in [2.24, 2.45) is 0 Å². The molecule has 1 saturated heterocycles. The molecule has 0 radical (unpaired) electrons. The molecule has 1 fully saturated rings. The molecule has 0 amide bonds. The van der Waals surface area contributed by atoms with Crippen molar-refractivity contribution in [3.05, 3.63) is 35.6 Å². The molecule has 6 heteroatoms. The highest BCUT2D eigenvalue weighted by molar-refractivity contribution is 7.89. The summed E-state index contributed by atoms with van der Waals surface area (Å²) in [5.74, 6) is -0.0578. The molecule has 0 aromatic heterocycles. The van der Waals surface area contributed by atoms with Gasteiger partial charge in [0.05, 0.1) is 38.5 Å².